The van der Waals surface area contributed by atoms with Crippen LogP contribution in [0.5, 0.6) is 5.75 Å². The van der Waals surface area contributed by atoms with Gasteiger partial charge in [-0.1, -0.05) is 22.9 Å². The van der Waals surface area contributed by atoms with Gasteiger partial charge in [-0.25, -0.2) is 9.59 Å². The standard InChI is InChI=1S/C10H6ClNO7S/c1-2-17-9(13)18-7-4(11)3-5-8(6(7)12(15)16)19-10(14)20-5/h3H,2H2,1H3. The second-order valence-electron chi connectivity index (χ2n) is 3.36. The van der Waals surface area contributed by atoms with Gasteiger partial charge in [0.15, 0.2) is 0 Å². The normalized spacial score (nSPS) is 10.5. The maximum Gasteiger partial charge on any atom is 0.514 e. The van der Waals surface area contributed by atoms with E-state index in [1.807, 2.05) is 0 Å². The van der Waals surface area contributed by atoms with Crippen molar-refractivity contribution in [3.05, 3.63) is 30.9 Å². The quantitative estimate of drug-likeness (QED) is 0.370. The fourth-order valence-corrected chi connectivity index (χ4v) is 2.46. The zero-order valence-electron chi connectivity index (χ0n) is 9.88. The van der Waals surface area contributed by atoms with Gasteiger partial charge in [-0.15, -0.1) is 0 Å². The van der Waals surface area contributed by atoms with Gasteiger partial charge in [0.25, 0.3) is 0 Å². The maximum absolute atomic E-state index is 11.3. The van der Waals surface area contributed by atoms with Crippen molar-refractivity contribution in [2.75, 3.05) is 6.61 Å². The number of carbonyl (C=O) groups excluding carboxylic acids is 1. The lowest BCUT2D eigenvalue weighted by atomic mass is 10.3. The summed E-state index contributed by atoms with van der Waals surface area (Å²) in [5.74, 6) is -0.524. The molecule has 0 amide bonds. The van der Waals surface area contributed by atoms with Crippen molar-refractivity contribution in [1.82, 2.24) is 0 Å². The molecule has 0 N–H and O–H groups in total. The first-order valence-electron chi connectivity index (χ1n) is 5.19. The Bertz CT molecular complexity index is 750. The Morgan fingerprint density at radius 1 is 1.60 bits per heavy atom. The summed E-state index contributed by atoms with van der Waals surface area (Å²) in [6, 6.07) is 1.24. The fourth-order valence-electron chi connectivity index (χ4n) is 1.44. The molecule has 1 aromatic heterocycles. The zero-order chi connectivity index (χ0) is 14.9. The van der Waals surface area contributed by atoms with E-state index in [0.717, 1.165) is 0 Å². The monoisotopic (exact) mass is 319 g/mol. The van der Waals surface area contributed by atoms with Crippen LogP contribution in [-0.2, 0) is 4.74 Å². The lowest BCUT2D eigenvalue weighted by Gasteiger charge is -2.06. The first-order valence-corrected chi connectivity index (χ1v) is 6.38. The van der Waals surface area contributed by atoms with Crippen LogP contribution in [0, 0.1) is 10.1 Å². The van der Waals surface area contributed by atoms with Crippen LogP contribution in [0.3, 0.4) is 0 Å². The Balaban J connectivity index is 2.65. The van der Waals surface area contributed by atoms with Gasteiger partial charge in [0.1, 0.15) is 0 Å². The second kappa shape index (κ2) is 5.47. The number of nitrogens with zero attached hydrogens (tertiary/aromatic N) is 1. The SMILES string of the molecule is CCOC(=O)Oc1c(Cl)cc2sc(=O)oc2c1[N+](=O)[O-]. The number of carbonyl (C=O) groups is 1. The van der Waals surface area contributed by atoms with Crippen LogP contribution in [0.1, 0.15) is 6.92 Å². The molecule has 0 fully saturated rings. The molecule has 0 saturated heterocycles. The van der Waals surface area contributed by atoms with Crippen molar-refractivity contribution >= 4 is 45.1 Å². The van der Waals surface area contributed by atoms with Gasteiger partial charge in [-0.3, -0.25) is 10.1 Å². The molecular weight excluding hydrogens is 314 g/mol. The highest BCUT2D eigenvalue weighted by Gasteiger charge is 2.29. The van der Waals surface area contributed by atoms with Gasteiger partial charge < -0.3 is 13.9 Å². The molecule has 0 spiro atoms. The van der Waals surface area contributed by atoms with E-state index < -0.39 is 27.5 Å². The molecule has 0 atom stereocenters. The molecule has 20 heavy (non-hydrogen) atoms. The summed E-state index contributed by atoms with van der Waals surface area (Å²) >= 11 is 6.48. The van der Waals surface area contributed by atoms with Crippen LogP contribution in [0.2, 0.25) is 5.02 Å². The molecule has 0 saturated carbocycles. The first-order chi connectivity index (χ1) is 9.43. The largest absolute Gasteiger partial charge is 0.514 e. The molecular formula is C10H6ClNO7S. The summed E-state index contributed by atoms with van der Waals surface area (Å²) in [6.07, 6.45) is -1.14. The van der Waals surface area contributed by atoms with E-state index in [0.29, 0.717) is 11.3 Å². The van der Waals surface area contributed by atoms with E-state index >= 15 is 0 Å². The molecule has 8 nitrogen and oxygen atoms in total. The number of ether oxygens (including phenoxy) is 2. The topological polar surface area (TPSA) is 109 Å². The van der Waals surface area contributed by atoms with Gasteiger partial charge in [-0.2, -0.15) is 0 Å². The summed E-state index contributed by atoms with van der Waals surface area (Å²) in [5.41, 5.74) is -0.993. The summed E-state index contributed by atoms with van der Waals surface area (Å²) in [5, 5.41) is 10.9. The molecule has 1 heterocycles. The number of fused-ring (bicyclic) bond motifs is 1. The first kappa shape index (κ1) is 14.3. The van der Waals surface area contributed by atoms with Crippen molar-refractivity contribution in [2.45, 2.75) is 6.92 Å². The molecule has 0 unspecified atom stereocenters. The molecule has 0 aliphatic heterocycles. The van der Waals surface area contributed by atoms with E-state index in [2.05, 4.69) is 4.74 Å². The van der Waals surface area contributed by atoms with Crippen molar-refractivity contribution in [1.29, 1.82) is 0 Å². The summed E-state index contributed by atoms with van der Waals surface area (Å²) in [7, 11) is 0. The minimum Gasteiger partial charge on any atom is -0.434 e. The molecule has 2 aromatic rings. The average molecular weight is 320 g/mol. The van der Waals surface area contributed by atoms with Crippen molar-refractivity contribution in [3.63, 3.8) is 0 Å². The number of hydrogen-bond donors (Lipinski definition) is 0. The van der Waals surface area contributed by atoms with Gasteiger partial charge in [0, 0.05) is 0 Å². The van der Waals surface area contributed by atoms with Crippen molar-refractivity contribution < 1.29 is 23.6 Å². The van der Waals surface area contributed by atoms with E-state index in [9.17, 15) is 19.7 Å². The Kier molecular flexibility index (Phi) is 3.91. The third-order valence-electron chi connectivity index (χ3n) is 2.14. The summed E-state index contributed by atoms with van der Waals surface area (Å²) in [4.78, 5) is 31.9. The lowest BCUT2D eigenvalue weighted by molar-refractivity contribution is -0.384. The van der Waals surface area contributed by atoms with Gasteiger partial charge in [0.2, 0.25) is 11.3 Å². The number of benzene rings is 1. The molecule has 0 bridgehead atoms. The number of nitro groups is 1. The van der Waals surface area contributed by atoms with E-state index in [1.165, 1.54) is 6.07 Å². The predicted octanol–water partition coefficient (Wildman–Crippen LogP) is 2.95. The van der Waals surface area contributed by atoms with Gasteiger partial charge in [0.05, 0.1) is 21.3 Å². The lowest BCUT2D eigenvalue weighted by Crippen LogP contribution is -2.11. The van der Waals surface area contributed by atoms with E-state index in [4.69, 9.17) is 20.8 Å². The Labute approximate surface area is 119 Å². The van der Waals surface area contributed by atoms with Crippen molar-refractivity contribution in [3.8, 4) is 5.75 Å². The molecule has 0 aliphatic rings. The molecule has 10 heteroatoms. The Hall–Kier alpha value is -2.13. The molecule has 0 radical (unpaired) electrons. The maximum atomic E-state index is 11.3. The highest BCUT2D eigenvalue weighted by molar-refractivity contribution is 7.16. The summed E-state index contributed by atoms with van der Waals surface area (Å²) in [6.45, 7) is 1.57. The number of rotatable bonds is 3. The van der Waals surface area contributed by atoms with Crippen LogP contribution in [0.15, 0.2) is 15.3 Å². The minimum absolute atomic E-state index is 0.0278. The van der Waals surface area contributed by atoms with E-state index in [1.54, 1.807) is 6.92 Å². The third-order valence-corrected chi connectivity index (χ3v) is 3.19. The molecule has 1 aromatic carbocycles. The predicted molar refractivity (Wildman–Crippen MR) is 69.7 cm³/mol. The molecule has 106 valence electrons. The molecule has 0 aliphatic carbocycles. The fraction of sp³-hybridized carbons (Fsp3) is 0.200. The minimum atomic E-state index is -1.14. The van der Waals surface area contributed by atoms with Crippen LogP contribution < -0.4 is 9.68 Å². The molecule has 2 rings (SSSR count). The Morgan fingerprint density at radius 3 is 2.90 bits per heavy atom. The van der Waals surface area contributed by atoms with Gasteiger partial charge >= 0.3 is 16.8 Å². The average Bonchev–Trinajstić information content (AvgIpc) is 2.69. The number of halogens is 1. The highest BCUT2D eigenvalue weighted by atomic mass is 35.5. The Morgan fingerprint density at radius 2 is 2.30 bits per heavy atom. The van der Waals surface area contributed by atoms with E-state index in [-0.39, 0.29) is 21.9 Å². The number of hydrogen-bond acceptors (Lipinski definition) is 8. The van der Waals surface area contributed by atoms with Crippen LogP contribution in [0.4, 0.5) is 10.5 Å². The third kappa shape index (κ3) is 2.58. The van der Waals surface area contributed by atoms with Gasteiger partial charge in [-0.05, 0) is 13.0 Å². The van der Waals surface area contributed by atoms with Crippen molar-refractivity contribution in [2.24, 2.45) is 0 Å². The smallest absolute Gasteiger partial charge is 0.434 e. The van der Waals surface area contributed by atoms with Crippen LogP contribution in [0.25, 0.3) is 10.3 Å². The number of nitro benzene ring substituents is 1. The zero-order valence-corrected chi connectivity index (χ0v) is 11.4. The summed E-state index contributed by atoms with van der Waals surface area (Å²) < 4.78 is 14.1. The van der Waals surface area contributed by atoms with Crippen LogP contribution in [-0.4, -0.2) is 17.7 Å². The second-order valence-corrected chi connectivity index (χ2v) is 4.74. The highest BCUT2D eigenvalue weighted by Crippen LogP contribution is 2.42. The van der Waals surface area contributed by atoms with Crippen LogP contribution >= 0.6 is 22.9 Å².